The van der Waals surface area contributed by atoms with Gasteiger partial charge in [-0.25, -0.2) is 9.78 Å². The molecule has 0 radical (unpaired) electrons. The molecule has 0 N–H and O–H groups in total. The van der Waals surface area contributed by atoms with Gasteiger partial charge in [-0.3, -0.25) is 9.78 Å². The molecule has 0 atom stereocenters. The lowest BCUT2D eigenvalue weighted by Gasteiger charge is -2.26. The monoisotopic (exact) mass is 389 g/mol. The smallest absolute Gasteiger partial charge is 0.331 e. The minimum atomic E-state index is -0.600. The Bertz CT molecular complexity index is 1020. The van der Waals surface area contributed by atoms with Crippen molar-refractivity contribution in [2.75, 3.05) is 6.61 Å². The first-order chi connectivity index (χ1) is 14.0. The maximum absolute atomic E-state index is 12.5. The molecule has 0 fully saturated rings. The molecule has 0 unspecified atom stereocenters. The van der Waals surface area contributed by atoms with Crippen molar-refractivity contribution in [3.8, 4) is 0 Å². The number of hydrogen-bond donors (Lipinski definition) is 0. The normalized spacial score (nSPS) is 11.1. The van der Waals surface area contributed by atoms with E-state index in [-0.39, 0.29) is 18.6 Å². The lowest BCUT2D eigenvalue weighted by atomic mass is 10.2. The van der Waals surface area contributed by atoms with Crippen LogP contribution in [-0.2, 0) is 20.9 Å². The van der Waals surface area contributed by atoms with E-state index in [9.17, 15) is 9.59 Å². The number of esters is 1. The van der Waals surface area contributed by atoms with Crippen LogP contribution in [0.3, 0.4) is 0 Å². The lowest BCUT2D eigenvalue weighted by Crippen LogP contribution is -2.39. The number of aromatic nitrogens is 2. The molecule has 6 heteroatoms. The molecule has 0 bridgehead atoms. The van der Waals surface area contributed by atoms with Crippen molar-refractivity contribution < 1.29 is 14.3 Å². The van der Waals surface area contributed by atoms with E-state index in [1.165, 1.54) is 12.2 Å². The number of para-hydroxylation sites is 2. The van der Waals surface area contributed by atoms with Crippen molar-refractivity contribution in [2.24, 2.45) is 0 Å². The molecule has 0 aliphatic carbocycles. The molecule has 1 heterocycles. The van der Waals surface area contributed by atoms with E-state index in [1.807, 2.05) is 68.4 Å². The maximum Gasteiger partial charge on any atom is 0.331 e. The first kappa shape index (κ1) is 20.2. The summed E-state index contributed by atoms with van der Waals surface area (Å²) in [6.45, 7) is 4.02. The molecule has 0 saturated heterocycles. The van der Waals surface area contributed by atoms with Gasteiger partial charge in [0.15, 0.2) is 6.61 Å². The fourth-order valence-electron chi connectivity index (χ4n) is 2.81. The van der Waals surface area contributed by atoms with E-state index in [1.54, 1.807) is 11.1 Å². The van der Waals surface area contributed by atoms with Gasteiger partial charge < -0.3 is 9.64 Å². The van der Waals surface area contributed by atoms with Gasteiger partial charge >= 0.3 is 5.97 Å². The molecule has 3 rings (SSSR count). The molecule has 0 saturated carbocycles. The van der Waals surface area contributed by atoms with Crippen molar-refractivity contribution in [1.82, 2.24) is 14.9 Å². The van der Waals surface area contributed by atoms with Crippen LogP contribution in [0.25, 0.3) is 17.1 Å². The van der Waals surface area contributed by atoms with E-state index in [0.29, 0.717) is 12.2 Å². The minimum Gasteiger partial charge on any atom is -0.452 e. The van der Waals surface area contributed by atoms with Crippen molar-refractivity contribution >= 4 is 29.0 Å². The van der Waals surface area contributed by atoms with Crippen molar-refractivity contribution in [3.05, 3.63) is 78.1 Å². The number of carbonyl (C=O) groups is 2. The maximum atomic E-state index is 12.5. The second-order valence-electron chi connectivity index (χ2n) is 6.83. The van der Waals surface area contributed by atoms with Crippen LogP contribution in [0, 0.1) is 0 Å². The Balaban J connectivity index is 1.56. The summed E-state index contributed by atoms with van der Waals surface area (Å²) in [5, 5.41) is 0. The number of ether oxygens (including phenoxy) is 1. The molecule has 1 aromatic heterocycles. The highest BCUT2D eigenvalue weighted by atomic mass is 16.5. The summed E-state index contributed by atoms with van der Waals surface area (Å²) in [7, 11) is 0. The number of benzene rings is 2. The van der Waals surface area contributed by atoms with E-state index in [2.05, 4.69) is 9.97 Å². The number of carbonyl (C=O) groups excluding carboxylic acids is 2. The number of fused-ring (bicyclic) bond motifs is 1. The lowest BCUT2D eigenvalue weighted by molar-refractivity contribution is -0.149. The average molecular weight is 389 g/mol. The van der Waals surface area contributed by atoms with E-state index >= 15 is 0 Å². The van der Waals surface area contributed by atoms with Crippen LogP contribution >= 0.6 is 0 Å². The van der Waals surface area contributed by atoms with Crippen molar-refractivity contribution in [1.29, 1.82) is 0 Å². The van der Waals surface area contributed by atoms with E-state index in [4.69, 9.17) is 4.74 Å². The molecule has 6 nitrogen and oxygen atoms in total. The van der Waals surface area contributed by atoms with Gasteiger partial charge in [0.25, 0.3) is 5.91 Å². The Morgan fingerprint density at radius 1 is 1.03 bits per heavy atom. The second kappa shape index (κ2) is 9.59. The third-order valence-electron chi connectivity index (χ3n) is 4.33. The van der Waals surface area contributed by atoms with Crippen LogP contribution in [0.2, 0.25) is 0 Å². The highest BCUT2D eigenvalue weighted by molar-refractivity contribution is 5.89. The molecule has 3 aromatic rings. The summed E-state index contributed by atoms with van der Waals surface area (Å²) in [5.74, 6) is -0.840. The van der Waals surface area contributed by atoms with Crippen molar-refractivity contribution in [2.45, 2.75) is 26.4 Å². The highest BCUT2D eigenvalue weighted by Gasteiger charge is 2.18. The molecule has 148 valence electrons. The minimum absolute atomic E-state index is 0.00942. The highest BCUT2D eigenvalue weighted by Crippen LogP contribution is 2.10. The predicted molar refractivity (Wildman–Crippen MR) is 112 cm³/mol. The van der Waals surface area contributed by atoms with Gasteiger partial charge in [0.05, 0.1) is 22.9 Å². The standard InChI is InChI=1S/C23H23N3O3/c1-17(2)26(15-18-8-4-3-5-9-18)22(27)16-29-23(28)13-12-19-14-24-20-10-6-7-11-21(20)25-19/h3-14,17H,15-16H2,1-2H3/b13-12+. The zero-order valence-electron chi connectivity index (χ0n) is 16.5. The Kier molecular flexibility index (Phi) is 6.68. The van der Waals surface area contributed by atoms with Crippen LogP contribution in [0.15, 0.2) is 66.9 Å². The van der Waals surface area contributed by atoms with Gasteiger partial charge in [-0.05, 0) is 37.6 Å². The fourth-order valence-corrected chi connectivity index (χ4v) is 2.81. The Morgan fingerprint density at radius 3 is 2.45 bits per heavy atom. The number of rotatable bonds is 7. The summed E-state index contributed by atoms with van der Waals surface area (Å²) in [6, 6.07) is 17.2. The summed E-state index contributed by atoms with van der Waals surface area (Å²) in [4.78, 5) is 34.9. The number of hydrogen-bond acceptors (Lipinski definition) is 5. The second-order valence-corrected chi connectivity index (χ2v) is 6.83. The topological polar surface area (TPSA) is 72.4 Å². The number of amides is 1. The summed E-state index contributed by atoms with van der Waals surface area (Å²) in [5.41, 5.74) is 3.09. The van der Waals surface area contributed by atoms with Gasteiger partial charge in [-0.15, -0.1) is 0 Å². The third kappa shape index (κ3) is 5.72. The SMILES string of the molecule is CC(C)N(Cc1ccccc1)C(=O)COC(=O)/C=C/c1cnc2ccccc2n1. The molecular weight excluding hydrogens is 366 g/mol. The molecular formula is C23H23N3O3. The largest absolute Gasteiger partial charge is 0.452 e. The number of nitrogens with zero attached hydrogens (tertiary/aromatic N) is 3. The molecule has 0 aliphatic rings. The Morgan fingerprint density at radius 2 is 1.72 bits per heavy atom. The molecule has 2 aromatic carbocycles. The van der Waals surface area contributed by atoms with Gasteiger partial charge in [0, 0.05) is 18.7 Å². The van der Waals surface area contributed by atoms with Crippen LogP contribution < -0.4 is 0 Å². The third-order valence-corrected chi connectivity index (χ3v) is 4.33. The molecule has 0 aliphatic heterocycles. The quantitative estimate of drug-likeness (QED) is 0.456. The summed E-state index contributed by atoms with van der Waals surface area (Å²) in [6.07, 6.45) is 4.36. The average Bonchev–Trinajstić information content (AvgIpc) is 2.74. The Labute approximate surface area is 169 Å². The van der Waals surface area contributed by atoms with Crippen LogP contribution in [0.5, 0.6) is 0 Å². The van der Waals surface area contributed by atoms with Gasteiger partial charge in [0.2, 0.25) is 0 Å². The Hall–Kier alpha value is -3.54. The zero-order valence-corrected chi connectivity index (χ0v) is 16.5. The van der Waals surface area contributed by atoms with Crippen molar-refractivity contribution in [3.63, 3.8) is 0 Å². The zero-order chi connectivity index (χ0) is 20.6. The van der Waals surface area contributed by atoms with E-state index < -0.39 is 5.97 Å². The van der Waals surface area contributed by atoms with Crippen LogP contribution in [0.1, 0.15) is 25.1 Å². The predicted octanol–water partition coefficient (Wildman–Crippen LogP) is 3.62. The summed E-state index contributed by atoms with van der Waals surface area (Å²) < 4.78 is 5.12. The first-order valence-corrected chi connectivity index (χ1v) is 9.43. The van der Waals surface area contributed by atoms with Gasteiger partial charge in [-0.2, -0.15) is 0 Å². The first-order valence-electron chi connectivity index (χ1n) is 9.43. The van der Waals surface area contributed by atoms with Crippen LogP contribution in [-0.4, -0.2) is 39.4 Å². The fraction of sp³-hybridized carbons (Fsp3) is 0.217. The van der Waals surface area contributed by atoms with Gasteiger partial charge in [-0.1, -0.05) is 42.5 Å². The molecule has 0 spiro atoms. The molecule has 29 heavy (non-hydrogen) atoms. The van der Waals surface area contributed by atoms with Gasteiger partial charge in [0.1, 0.15) is 0 Å². The summed E-state index contributed by atoms with van der Waals surface area (Å²) >= 11 is 0. The van der Waals surface area contributed by atoms with Crippen LogP contribution in [0.4, 0.5) is 0 Å². The van der Waals surface area contributed by atoms with E-state index in [0.717, 1.165) is 16.6 Å². The molecule has 1 amide bonds.